The number of aryl methyl sites for hydroxylation is 1. The molecule has 1 heterocycles. The summed E-state index contributed by atoms with van der Waals surface area (Å²) in [5, 5.41) is 0. The maximum Gasteiger partial charge on any atom is 0.166 e. The number of carbonyl (C=O) groups is 1. The first kappa shape index (κ1) is 13.2. The number of benzene rings is 1. The molecule has 1 aliphatic heterocycles. The Labute approximate surface area is 108 Å². The normalized spacial score (nSPS) is 17.9. The third-order valence-corrected chi connectivity index (χ3v) is 3.62. The van der Waals surface area contributed by atoms with Crippen LogP contribution in [0, 0.1) is 18.7 Å². The highest BCUT2D eigenvalue weighted by Crippen LogP contribution is 2.16. The third-order valence-electron chi connectivity index (χ3n) is 3.62. The quantitative estimate of drug-likeness (QED) is 0.764. The fourth-order valence-electron chi connectivity index (χ4n) is 2.52. The zero-order valence-electron chi connectivity index (χ0n) is 11.1. The Morgan fingerprint density at radius 3 is 2.67 bits per heavy atom. The maximum atomic E-state index is 13.2. The summed E-state index contributed by atoms with van der Waals surface area (Å²) in [6.45, 7) is 6.66. The van der Waals surface area contributed by atoms with E-state index in [9.17, 15) is 9.18 Å². The van der Waals surface area contributed by atoms with Crippen molar-refractivity contribution in [1.82, 2.24) is 4.90 Å². The van der Waals surface area contributed by atoms with Crippen molar-refractivity contribution in [3.05, 3.63) is 35.1 Å². The van der Waals surface area contributed by atoms with Gasteiger partial charge in [-0.25, -0.2) is 4.39 Å². The van der Waals surface area contributed by atoms with Crippen LogP contribution in [0.2, 0.25) is 0 Å². The van der Waals surface area contributed by atoms with Gasteiger partial charge in [0.05, 0.1) is 0 Å². The van der Waals surface area contributed by atoms with E-state index in [-0.39, 0.29) is 17.5 Å². The van der Waals surface area contributed by atoms with E-state index in [0.29, 0.717) is 11.1 Å². The molecule has 1 aromatic rings. The topological polar surface area (TPSA) is 20.3 Å². The highest BCUT2D eigenvalue weighted by atomic mass is 19.1. The van der Waals surface area contributed by atoms with E-state index in [1.807, 2.05) is 6.92 Å². The molecule has 3 heteroatoms. The standard InChI is InChI=1S/C15H20FNO/c1-11-9-13(5-6-14(11)16)15(18)12(2)10-17-7-3-4-8-17/h5-6,9,12H,3-4,7-8,10H2,1-2H3. The van der Waals surface area contributed by atoms with E-state index < -0.39 is 0 Å². The first-order chi connectivity index (χ1) is 8.58. The number of Topliss-reactive ketones (excluding diaryl/α,β-unsaturated/α-hetero) is 1. The minimum Gasteiger partial charge on any atom is -0.303 e. The largest absolute Gasteiger partial charge is 0.303 e. The molecule has 1 saturated heterocycles. The molecule has 1 atom stereocenters. The van der Waals surface area contributed by atoms with Crippen LogP contribution in [-0.2, 0) is 0 Å². The van der Waals surface area contributed by atoms with Crippen LogP contribution in [0.5, 0.6) is 0 Å². The van der Waals surface area contributed by atoms with Crippen LogP contribution < -0.4 is 0 Å². The van der Waals surface area contributed by atoms with Crippen LogP contribution in [0.1, 0.15) is 35.7 Å². The molecule has 0 aliphatic carbocycles. The van der Waals surface area contributed by atoms with Gasteiger partial charge in [-0.05, 0) is 56.6 Å². The Morgan fingerprint density at radius 2 is 2.06 bits per heavy atom. The Balaban J connectivity index is 2.02. The molecular weight excluding hydrogens is 229 g/mol. The highest BCUT2D eigenvalue weighted by Gasteiger charge is 2.20. The third kappa shape index (κ3) is 2.96. The van der Waals surface area contributed by atoms with E-state index >= 15 is 0 Å². The summed E-state index contributed by atoms with van der Waals surface area (Å²) >= 11 is 0. The molecule has 0 N–H and O–H groups in total. The number of carbonyl (C=O) groups excluding carboxylic acids is 1. The van der Waals surface area contributed by atoms with Gasteiger partial charge in [0.25, 0.3) is 0 Å². The van der Waals surface area contributed by atoms with Gasteiger partial charge in [-0.3, -0.25) is 4.79 Å². The van der Waals surface area contributed by atoms with Gasteiger partial charge in [0, 0.05) is 18.0 Å². The zero-order valence-corrected chi connectivity index (χ0v) is 11.1. The number of halogens is 1. The summed E-state index contributed by atoms with van der Waals surface area (Å²) < 4.78 is 13.2. The summed E-state index contributed by atoms with van der Waals surface area (Å²) in [5.41, 5.74) is 1.16. The molecule has 2 nitrogen and oxygen atoms in total. The summed E-state index contributed by atoms with van der Waals surface area (Å²) in [4.78, 5) is 14.6. The van der Waals surface area contributed by atoms with E-state index in [1.165, 1.54) is 18.9 Å². The van der Waals surface area contributed by atoms with Gasteiger partial charge in [-0.15, -0.1) is 0 Å². The number of nitrogens with zero attached hydrogens (tertiary/aromatic N) is 1. The molecule has 0 aromatic heterocycles. The first-order valence-electron chi connectivity index (χ1n) is 6.60. The van der Waals surface area contributed by atoms with Gasteiger partial charge in [-0.1, -0.05) is 6.92 Å². The van der Waals surface area contributed by atoms with Crippen molar-refractivity contribution < 1.29 is 9.18 Å². The SMILES string of the molecule is Cc1cc(C(=O)C(C)CN2CCCC2)ccc1F. The lowest BCUT2D eigenvalue weighted by atomic mass is 9.97. The smallest absolute Gasteiger partial charge is 0.166 e. The average molecular weight is 249 g/mol. The number of likely N-dealkylation sites (tertiary alicyclic amines) is 1. The molecule has 98 valence electrons. The molecule has 1 fully saturated rings. The number of rotatable bonds is 4. The Morgan fingerprint density at radius 1 is 1.39 bits per heavy atom. The van der Waals surface area contributed by atoms with Gasteiger partial charge >= 0.3 is 0 Å². The van der Waals surface area contributed by atoms with Crippen molar-refractivity contribution in [1.29, 1.82) is 0 Å². The van der Waals surface area contributed by atoms with Crippen LogP contribution in [0.4, 0.5) is 4.39 Å². The van der Waals surface area contributed by atoms with Crippen molar-refractivity contribution in [2.45, 2.75) is 26.7 Å². The predicted octanol–water partition coefficient (Wildman–Crippen LogP) is 3.05. The second-order valence-electron chi connectivity index (χ2n) is 5.24. The fraction of sp³-hybridized carbons (Fsp3) is 0.533. The van der Waals surface area contributed by atoms with Crippen LogP contribution in [-0.4, -0.2) is 30.3 Å². The lowest BCUT2D eigenvalue weighted by Crippen LogP contribution is -2.29. The van der Waals surface area contributed by atoms with Crippen molar-refractivity contribution in [3.63, 3.8) is 0 Å². The summed E-state index contributed by atoms with van der Waals surface area (Å²) in [5.74, 6) is -0.156. The van der Waals surface area contributed by atoms with Crippen molar-refractivity contribution in [3.8, 4) is 0 Å². The molecule has 0 saturated carbocycles. The molecular formula is C15H20FNO. The van der Waals surface area contributed by atoms with Crippen molar-refractivity contribution in [2.75, 3.05) is 19.6 Å². The number of hydrogen-bond acceptors (Lipinski definition) is 2. The molecule has 0 radical (unpaired) electrons. The van der Waals surface area contributed by atoms with Gasteiger partial charge in [0.15, 0.2) is 5.78 Å². The van der Waals surface area contributed by atoms with Crippen molar-refractivity contribution in [2.24, 2.45) is 5.92 Å². The summed E-state index contributed by atoms with van der Waals surface area (Å²) in [6.07, 6.45) is 2.47. The Kier molecular flexibility index (Phi) is 4.12. The lowest BCUT2D eigenvalue weighted by Gasteiger charge is -2.19. The van der Waals surface area contributed by atoms with Crippen LogP contribution >= 0.6 is 0 Å². The van der Waals surface area contributed by atoms with Crippen LogP contribution in [0.15, 0.2) is 18.2 Å². The van der Waals surface area contributed by atoms with E-state index in [4.69, 9.17) is 0 Å². The lowest BCUT2D eigenvalue weighted by molar-refractivity contribution is 0.0903. The van der Waals surface area contributed by atoms with Crippen LogP contribution in [0.25, 0.3) is 0 Å². The first-order valence-corrected chi connectivity index (χ1v) is 6.60. The molecule has 1 aliphatic rings. The monoisotopic (exact) mass is 249 g/mol. The summed E-state index contributed by atoms with van der Waals surface area (Å²) in [7, 11) is 0. The molecule has 1 aromatic carbocycles. The number of ketones is 1. The maximum absolute atomic E-state index is 13.2. The second-order valence-corrected chi connectivity index (χ2v) is 5.24. The Bertz CT molecular complexity index is 438. The minimum absolute atomic E-state index is 0.0204. The van der Waals surface area contributed by atoms with Crippen molar-refractivity contribution >= 4 is 5.78 Å². The molecule has 0 spiro atoms. The molecule has 18 heavy (non-hydrogen) atoms. The zero-order chi connectivity index (χ0) is 13.1. The molecule has 0 bridgehead atoms. The molecule has 0 amide bonds. The fourth-order valence-corrected chi connectivity index (χ4v) is 2.52. The van der Waals surface area contributed by atoms with E-state index in [0.717, 1.165) is 19.6 Å². The average Bonchev–Trinajstić information content (AvgIpc) is 2.84. The molecule has 2 rings (SSSR count). The van der Waals surface area contributed by atoms with Gasteiger partial charge in [0.2, 0.25) is 0 Å². The minimum atomic E-state index is -0.251. The van der Waals surface area contributed by atoms with Gasteiger partial charge < -0.3 is 4.90 Å². The highest BCUT2D eigenvalue weighted by molar-refractivity contribution is 5.97. The van der Waals surface area contributed by atoms with E-state index in [2.05, 4.69) is 4.90 Å². The van der Waals surface area contributed by atoms with Gasteiger partial charge in [-0.2, -0.15) is 0 Å². The molecule has 1 unspecified atom stereocenters. The summed E-state index contributed by atoms with van der Waals surface area (Å²) in [6, 6.07) is 4.62. The second kappa shape index (κ2) is 5.61. The van der Waals surface area contributed by atoms with Gasteiger partial charge in [0.1, 0.15) is 5.82 Å². The van der Waals surface area contributed by atoms with Crippen LogP contribution in [0.3, 0.4) is 0 Å². The predicted molar refractivity (Wildman–Crippen MR) is 70.3 cm³/mol. The number of hydrogen-bond donors (Lipinski definition) is 0. The van der Waals surface area contributed by atoms with E-state index in [1.54, 1.807) is 19.1 Å². The Hall–Kier alpha value is -1.22.